The van der Waals surface area contributed by atoms with Gasteiger partial charge in [-0.25, -0.2) is 0 Å². The van der Waals surface area contributed by atoms with Gasteiger partial charge in [-0.1, -0.05) is 78.4 Å². The summed E-state index contributed by atoms with van der Waals surface area (Å²) < 4.78 is 57.5. The molecule has 162 valence electrons. The molecule has 0 spiro atoms. The second-order valence-corrected chi connectivity index (χ2v) is 8.26. The van der Waals surface area contributed by atoms with Gasteiger partial charge in [0.15, 0.2) is 0 Å². The first-order valence-electron chi connectivity index (χ1n) is 8.74. The second-order valence-electron chi connectivity index (χ2n) is 6.40. The minimum absolute atomic E-state index is 1.12. The fourth-order valence-corrected chi connectivity index (χ4v) is 2.56. The van der Waals surface area contributed by atoms with E-state index in [4.69, 9.17) is 13.0 Å². The summed E-state index contributed by atoms with van der Waals surface area (Å²) >= 11 is 4.36. The van der Waals surface area contributed by atoms with Crippen molar-refractivity contribution in [2.24, 2.45) is 0 Å². The van der Waals surface area contributed by atoms with E-state index in [0.29, 0.717) is 0 Å². The highest BCUT2D eigenvalue weighted by molar-refractivity contribution is 7.86. The van der Waals surface area contributed by atoms with Gasteiger partial charge in [0.1, 0.15) is 0 Å². The zero-order valence-corrected chi connectivity index (χ0v) is 18.4. The van der Waals surface area contributed by atoms with E-state index in [1.54, 1.807) is 0 Å². The summed E-state index contributed by atoms with van der Waals surface area (Å²) in [7, 11) is -5.84. The minimum Gasteiger partial charge on any atom is -0.279 e. The van der Waals surface area contributed by atoms with E-state index < -0.39 is 15.6 Å². The van der Waals surface area contributed by atoms with Crippen molar-refractivity contribution in [1.29, 1.82) is 0 Å². The first-order chi connectivity index (χ1) is 13.8. The van der Waals surface area contributed by atoms with Crippen LogP contribution in [0.15, 0.2) is 77.7 Å². The number of hydrogen-bond acceptors (Lipinski definition) is 3. The van der Waals surface area contributed by atoms with E-state index in [9.17, 15) is 13.2 Å². The van der Waals surface area contributed by atoms with Crippen molar-refractivity contribution >= 4 is 22.7 Å². The normalized spacial score (nSPS) is 10.9. The van der Waals surface area contributed by atoms with Gasteiger partial charge in [-0.2, -0.15) is 21.6 Å². The highest BCUT2D eigenvalue weighted by Gasteiger charge is 2.44. The highest BCUT2D eigenvalue weighted by atomic mass is 32.2. The van der Waals surface area contributed by atoms with Crippen LogP contribution in [0.3, 0.4) is 0 Å². The molecule has 0 atom stereocenters. The van der Waals surface area contributed by atoms with Gasteiger partial charge >= 0.3 is 15.6 Å². The van der Waals surface area contributed by atoms with E-state index in [2.05, 4.69) is 94.1 Å². The van der Waals surface area contributed by atoms with Crippen LogP contribution in [0.25, 0.3) is 11.1 Å². The number of aryl methyl sites for hydroxylation is 3. The summed E-state index contributed by atoms with van der Waals surface area (Å²) in [6, 6.07) is 25.1. The fourth-order valence-electron chi connectivity index (χ4n) is 2.43. The summed E-state index contributed by atoms with van der Waals surface area (Å²) in [5.74, 6) is 0. The Morgan fingerprint density at radius 2 is 1.07 bits per heavy atom. The molecule has 3 rings (SSSR count). The average molecular weight is 457 g/mol. The molecule has 0 aliphatic heterocycles. The van der Waals surface area contributed by atoms with E-state index >= 15 is 0 Å². The van der Waals surface area contributed by atoms with Crippen LogP contribution in [-0.4, -0.2) is 18.5 Å². The SMILES string of the molecule is Cc1cc(C)c(S)c(C)c1.O=S(=O)(O)C(F)(F)F.c1ccc(-c2ccccc2)cc1. The molecule has 0 fully saturated rings. The molecule has 0 amide bonds. The molecule has 1 N–H and O–H groups in total. The third-order valence-electron chi connectivity index (χ3n) is 3.81. The van der Waals surface area contributed by atoms with Gasteiger partial charge in [0.25, 0.3) is 0 Å². The van der Waals surface area contributed by atoms with Crippen LogP contribution in [0.2, 0.25) is 0 Å². The Morgan fingerprint density at radius 3 is 1.33 bits per heavy atom. The molecule has 0 saturated carbocycles. The van der Waals surface area contributed by atoms with E-state index in [1.807, 2.05) is 12.1 Å². The van der Waals surface area contributed by atoms with E-state index in [-0.39, 0.29) is 0 Å². The molecule has 0 aliphatic carbocycles. The molecule has 0 bridgehead atoms. The minimum atomic E-state index is -5.84. The molecule has 8 heteroatoms. The van der Waals surface area contributed by atoms with Crippen molar-refractivity contribution in [3.63, 3.8) is 0 Å². The summed E-state index contributed by atoms with van der Waals surface area (Å²) in [6.45, 7) is 6.28. The zero-order chi connectivity index (χ0) is 22.9. The third kappa shape index (κ3) is 8.61. The largest absolute Gasteiger partial charge is 0.522 e. The third-order valence-corrected chi connectivity index (χ3v) is 5.10. The van der Waals surface area contributed by atoms with Crippen molar-refractivity contribution in [2.75, 3.05) is 0 Å². The van der Waals surface area contributed by atoms with Gasteiger partial charge < -0.3 is 0 Å². The van der Waals surface area contributed by atoms with E-state index in [1.165, 1.54) is 27.8 Å². The predicted molar refractivity (Wildman–Crippen MR) is 117 cm³/mol. The standard InChI is InChI=1S/C12H10.C9H12S.CHF3O3S/c1-3-7-11(8-4-1)12-9-5-2-6-10-12;1-6-4-7(2)9(10)8(3)5-6;2-1(3,4)8(5,6)7/h1-10H;4-5,10H,1-3H3;(H,5,6,7). The number of hydrogen-bond donors (Lipinski definition) is 2. The van der Waals surface area contributed by atoms with Crippen LogP contribution < -0.4 is 0 Å². The Balaban J connectivity index is 0.000000231. The van der Waals surface area contributed by atoms with E-state index in [0.717, 1.165) is 4.90 Å². The first kappa shape index (κ1) is 25.7. The second kappa shape index (κ2) is 11.2. The Hall–Kier alpha value is -2.29. The Bertz CT molecular complexity index is 974. The lowest BCUT2D eigenvalue weighted by atomic mass is 10.1. The lowest BCUT2D eigenvalue weighted by Crippen LogP contribution is -2.21. The van der Waals surface area contributed by atoms with Crippen molar-refractivity contribution in [2.45, 2.75) is 31.2 Å². The molecule has 30 heavy (non-hydrogen) atoms. The van der Waals surface area contributed by atoms with Gasteiger partial charge in [-0.05, 0) is 43.0 Å². The quantitative estimate of drug-likeness (QED) is 0.245. The lowest BCUT2D eigenvalue weighted by Gasteiger charge is -2.03. The molecular formula is C22H23F3O3S2. The number of rotatable bonds is 1. The maximum atomic E-state index is 10.7. The van der Waals surface area contributed by atoms with Gasteiger partial charge in [0.05, 0.1) is 0 Å². The number of halogens is 3. The van der Waals surface area contributed by atoms with Gasteiger partial charge in [0, 0.05) is 4.90 Å². The Morgan fingerprint density at radius 1 is 0.767 bits per heavy atom. The van der Waals surface area contributed by atoms with Crippen LogP contribution >= 0.6 is 12.6 Å². The smallest absolute Gasteiger partial charge is 0.279 e. The van der Waals surface area contributed by atoms with Crippen molar-refractivity contribution < 1.29 is 26.1 Å². The molecule has 3 aromatic rings. The zero-order valence-electron chi connectivity index (χ0n) is 16.7. The molecule has 0 radical (unpaired) electrons. The van der Waals surface area contributed by atoms with Crippen LogP contribution in [0.1, 0.15) is 16.7 Å². The topological polar surface area (TPSA) is 54.4 Å². The predicted octanol–water partition coefficient (Wildman–Crippen LogP) is 6.65. The van der Waals surface area contributed by atoms with Crippen molar-refractivity contribution in [3.05, 3.63) is 89.5 Å². The molecule has 3 nitrogen and oxygen atoms in total. The van der Waals surface area contributed by atoms with Crippen LogP contribution in [-0.2, 0) is 10.1 Å². The van der Waals surface area contributed by atoms with Crippen molar-refractivity contribution in [3.8, 4) is 11.1 Å². The van der Waals surface area contributed by atoms with Gasteiger partial charge in [-0.3, -0.25) is 4.55 Å². The Labute approximate surface area is 180 Å². The summed E-state index contributed by atoms with van der Waals surface area (Å²) in [6.07, 6.45) is 0. The van der Waals surface area contributed by atoms with Gasteiger partial charge in [-0.15, -0.1) is 12.6 Å². The maximum Gasteiger partial charge on any atom is 0.522 e. The summed E-state index contributed by atoms with van der Waals surface area (Å²) in [5, 5.41) is 0. The number of benzene rings is 3. The maximum absolute atomic E-state index is 10.7. The molecule has 0 unspecified atom stereocenters. The van der Waals surface area contributed by atoms with Crippen LogP contribution in [0.4, 0.5) is 13.2 Å². The summed E-state index contributed by atoms with van der Waals surface area (Å²) in [4.78, 5) is 1.12. The molecule has 0 saturated heterocycles. The van der Waals surface area contributed by atoms with Crippen molar-refractivity contribution in [1.82, 2.24) is 0 Å². The highest BCUT2D eigenvalue weighted by Crippen LogP contribution is 2.21. The molecule has 3 aromatic carbocycles. The van der Waals surface area contributed by atoms with Gasteiger partial charge in [0.2, 0.25) is 0 Å². The molecular weight excluding hydrogens is 433 g/mol. The average Bonchev–Trinajstić information content (AvgIpc) is 2.67. The number of thiol groups is 1. The molecule has 0 heterocycles. The molecule has 0 aliphatic rings. The van der Waals surface area contributed by atoms with Crippen LogP contribution in [0, 0.1) is 20.8 Å². The number of alkyl halides is 3. The summed E-state index contributed by atoms with van der Waals surface area (Å²) in [5.41, 5.74) is 0.859. The molecule has 0 aromatic heterocycles. The first-order valence-corrected chi connectivity index (χ1v) is 10.6. The fraction of sp³-hybridized carbons (Fsp3) is 0.182. The van der Waals surface area contributed by atoms with Crippen LogP contribution in [0.5, 0.6) is 0 Å². The monoisotopic (exact) mass is 456 g/mol. The lowest BCUT2D eigenvalue weighted by molar-refractivity contribution is -0.0510. The Kier molecular flexibility index (Phi) is 9.61.